The van der Waals surface area contributed by atoms with Crippen molar-refractivity contribution in [1.82, 2.24) is 9.97 Å². The van der Waals surface area contributed by atoms with Gasteiger partial charge in [0.25, 0.3) is 0 Å². The normalized spacial score (nSPS) is 11.1. The SMILES string of the molecule is Cl.c1ccc2c(c1)ccc1nc3ccc4ccccc4c3nc12. The summed E-state index contributed by atoms with van der Waals surface area (Å²) in [6.45, 7) is 0. The van der Waals surface area contributed by atoms with Crippen molar-refractivity contribution in [2.75, 3.05) is 0 Å². The molecule has 0 bridgehead atoms. The quantitative estimate of drug-likeness (QED) is 0.278. The second-order valence-electron chi connectivity index (χ2n) is 5.53. The van der Waals surface area contributed by atoms with Gasteiger partial charge in [-0.3, -0.25) is 0 Å². The number of nitrogens with zero attached hydrogens (tertiary/aromatic N) is 2. The molecule has 110 valence electrons. The molecule has 2 nitrogen and oxygen atoms in total. The highest BCUT2D eigenvalue weighted by Gasteiger charge is 2.07. The highest BCUT2D eigenvalue weighted by atomic mass is 35.5. The second kappa shape index (κ2) is 5.18. The van der Waals surface area contributed by atoms with Crippen LogP contribution in [-0.2, 0) is 0 Å². The lowest BCUT2D eigenvalue weighted by Crippen LogP contribution is -1.90. The van der Waals surface area contributed by atoms with Gasteiger partial charge in [0.1, 0.15) is 0 Å². The third kappa shape index (κ3) is 2.03. The van der Waals surface area contributed by atoms with Crippen LogP contribution in [0.15, 0.2) is 72.8 Å². The second-order valence-corrected chi connectivity index (χ2v) is 5.53. The van der Waals surface area contributed by atoms with Crippen molar-refractivity contribution in [3.05, 3.63) is 72.8 Å². The number of aromatic nitrogens is 2. The van der Waals surface area contributed by atoms with E-state index in [1.54, 1.807) is 0 Å². The number of rotatable bonds is 0. The van der Waals surface area contributed by atoms with Gasteiger partial charge in [-0.25, -0.2) is 9.97 Å². The summed E-state index contributed by atoms with van der Waals surface area (Å²) in [4.78, 5) is 9.79. The third-order valence-electron chi connectivity index (χ3n) is 4.22. The predicted molar refractivity (Wildman–Crippen MR) is 99.3 cm³/mol. The summed E-state index contributed by atoms with van der Waals surface area (Å²) in [7, 11) is 0. The van der Waals surface area contributed by atoms with Gasteiger partial charge < -0.3 is 0 Å². The molecule has 0 radical (unpaired) electrons. The first kappa shape index (κ1) is 13.9. The van der Waals surface area contributed by atoms with Gasteiger partial charge in [0.2, 0.25) is 0 Å². The zero-order valence-corrected chi connectivity index (χ0v) is 13.0. The van der Waals surface area contributed by atoms with E-state index in [4.69, 9.17) is 9.97 Å². The first-order valence-electron chi connectivity index (χ1n) is 7.37. The van der Waals surface area contributed by atoms with Crippen LogP contribution >= 0.6 is 12.4 Å². The summed E-state index contributed by atoms with van der Waals surface area (Å²) in [6.07, 6.45) is 0. The Bertz CT molecular complexity index is 1090. The number of halogens is 1. The Morgan fingerprint density at radius 1 is 0.478 bits per heavy atom. The Morgan fingerprint density at radius 2 is 0.957 bits per heavy atom. The maximum absolute atomic E-state index is 4.97. The van der Waals surface area contributed by atoms with E-state index in [0.29, 0.717) is 0 Å². The third-order valence-corrected chi connectivity index (χ3v) is 4.22. The number of benzene rings is 4. The Kier molecular flexibility index (Phi) is 3.14. The largest absolute Gasteiger partial charge is 0.244 e. The fraction of sp³-hybridized carbons (Fsp3) is 0. The van der Waals surface area contributed by atoms with E-state index in [-0.39, 0.29) is 12.4 Å². The van der Waals surface area contributed by atoms with E-state index < -0.39 is 0 Å². The summed E-state index contributed by atoms with van der Waals surface area (Å²) in [6, 6.07) is 25.0. The average molecular weight is 317 g/mol. The molecule has 5 rings (SSSR count). The summed E-state index contributed by atoms with van der Waals surface area (Å²) in [5.41, 5.74) is 3.84. The van der Waals surface area contributed by atoms with Crippen molar-refractivity contribution >= 4 is 56.0 Å². The fourth-order valence-electron chi connectivity index (χ4n) is 3.14. The van der Waals surface area contributed by atoms with Crippen LogP contribution in [-0.4, -0.2) is 9.97 Å². The minimum Gasteiger partial charge on any atom is -0.244 e. The molecule has 0 amide bonds. The molecule has 3 heteroatoms. The van der Waals surface area contributed by atoms with Crippen molar-refractivity contribution in [2.24, 2.45) is 0 Å². The Balaban J connectivity index is 0.00000135. The zero-order valence-electron chi connectivity index (χ0n) is 12.2. The Labute approximate surface area is 139 Å². The highest BCUT2D eigenvalue weighted by Crippen LogP contribution is 2.28. The molecular formula is C20H13ClN2. The van der Waals surface area contributed by atoms with Gasteiger partial charge in [-0.2, -0.15) is 0 Å². The monoisotopic (exact) mass is 316 g/mol. The van der Waals surface area contributed by atoms with Gasteiger partial charge in [-0.1, -0.05) is 60.7 Å². The molecule has 0 aliphatic carbocycles. The maximum Gasteiger partial charge on any atom is 0.0973 e. The molecule has 5 aromatic rings. The summed E-state index contributed by atoms with van der Waals surface area (Å²) in [5.74, 6) is 0. The van der Waals surface area contributed by atoms with Crippen LogP contribution in [0.5, 0.6) is 0 Å². The van der Waals surface area contributed by atoms with Crippen LogP contribution in [0.3, 0.4) is 0 Å². The van der Waals surface area contributed by atoms with Gasteiger partial charge in [0.05, 0.1) is 22.1 Å². The van der Waals surface area contributed by atoms with E-state index >= 15 is 0 Å². The van der Waals surface area contributed by atoms with E-state index in [2.05, 4.69) is 72.8 Å². The maximum atomic E-state index is 4.97. The van der Waals surface area contributed by atoms with Crippen LogP contribution in [0, 0.1) is 0 Å². The fourth-order valence-corrected chi connectivity index (χ4v) is 3.14. The van der Waals surface area contributed by atoms with Crippen LogP contribution in [0.1, 0.15) is 0 Å². The molecule has 0 atom stereocenters. The van der Waals surface area contributed by atoms with Crippen molar-refractivity contribution in [1.29, 1.82) is 0 Å². The smallest absolute Gasteiger partial charge is 0.0973 e. The molecule has 4 aromatic carbocycles. The van der Waals surface area contributed by atoms with Gasteiger partial charge in [-0.15, -0.1) is 12.4 Å². The molecule has 1 aromatic heterocycles. The van der Waals surface area contributed by atoms with Crippen LogP contribution < -0.4 is 0 Å². The standard InChI is InChI=1S/C20H12N2.ClH/c1-3-7-15-13(5-1)9-11-17-19(15)22-20-16-8-4-2-6-14(16)10-12-18(20)21-17;/h1-12H;1H. The van der Waals surface area contributed by atoms with E-state index in [9.17, 15) is 0 Å². The van der Waals surface area contributed by atoms with Crippen LogP contribution in [0.2, 0.25) is 0 Å². The van der Waals surface area contributed by atoms with Crippen LogP contribution in [0.4, 0.5) is 0 Å². The first-order chi connectivity index (χ1) is 10.9. The first-order valence-corrected chi connectivity index (χ1v) is 7.37. The summed E-state index contributed by atoms with van der Waals surface area (Å²) in [5, 5.41) is 4.71. The average Bonchev–Trinajstić information content (AvgIpc) is 2.60. The van der Waals surface area contributed by atoms with Crippen molar-refractivity contribution in [2.45, 2.75) is 0 Å². The van der Waals surface area contributed by atoms with E-state index in [0.717, 1.165) is 32.8 Å². The highest BCUT2D eigenvalue weighted by molar-refractivity contribution is 6.10. The lowest BCUT2D eigenvalue weighted by atomic mass is 10.1. The predicted octanol–water partition coefficient (Wildman–Crippen LogP) is 5.51. The minimum atomic E-state index is 0. The molecule has 23 heavy (non-hydrogen) atoms. The lowest BCUT2D eigenvalue weighted by Gasteiger charge is -2.07. The molecular weight excluding hydrogens is 304 g/mol. The molecule has 0 fully saturated rings. The lowest BCUT2D eigenvalue weighted by molar-refractivity contribution is 1.42. The van der Waals surface area contributed by atoms with Crippen LogP contribution in [0.25, 0.3) is 43.6 Å². The van der Waals surface area contributed by atoms with Crippen molar-refractivity contribution < 1.29 is 0 Å². The number of hydrogen-bond donors (Lipinski definition) is 0. The molecule has 0 aliphatic rings. The molecule has 1 heterocycles. The summed E-state index contributed by atoms with van der Waals surface area (Å²) < 4.78 is 0. The molecule has 0 N–H and O–H groups in total. The van der Waals surface area contributed by atoms with Gasteiger partial charge in [0.15, 0.2) is 0 Å². The molecule has 0 aliphatic heterocycles. The number of fused-ring (bicyclic) bond motifs is 6. The van der Waals surface area contributed by atoms with Crippen molar-refractivity contribution in [3.63, 3.8) is 0 Å². The Morgan fingerprint density at radius 3 is 1.48 bits per heavy atom. The number of hydrogen-bond acceptors (Lipinski definition) is 2. The van der Waals surface area contributed by atoms with E-state index in [1.807, 2.05) is 0 Å². The molecule has 0 saturated carbocycles. The van der Waals surface area contributed by atoms with Gasteiger partial charge in [-0.05, 0) is 22.9 Å². The molecule has 0 saturated heterocycles. The van der Waals surface area contributed by atoms with Gasteiger partial charge >= 0.3 is 0 Å². The Hall–Kier alpha value is -2.71. The van der Waals surface area contributed by atoms with Gasteiger partial charge in [0, 0.05) is 10.8 Å². The summed E-state index contributed by atoms with van der Waals surface area (Å²) >= 11 is 0. The minimum absolute atomic E-state index is 0. The molecule has 0 unspecified atom stereocenters. The molecule has 0 spiro atoms. The topological polar surface area (TPSA) is 25.8 Å². The van der Waals surface area contributed by atoms with E-state index in [1.165, 1.54) is 10.8 Å². The van der Waals surface area contributed by atoms with Crippen molar-refractivity contribution in [3.8, 4) is 0 Å². The zero-order chi connectivity index (χ0) is 14.5.